The van der Waals surface area contributed by atoms with E-state index in [9.17, 15) is 19.5 Å². The number of carbonyl (C=O) groups excluding carboxylic acids is 3. The van der Waals surface area contributed by atoms with Gasteiger partial charge in [0.05, 0.1) is 19.8 Å². The molecule has 1 N–H and O–H groups in total. The summed E-state index contributed by atoms with van der Waals surface area (Å²) in [7, 11) is 0. The minimum atomic E-state index is -2.98. The molecule has 0 fully saturated rings. The van der Waals surface area contributed by atoms with E-state index in [1.165, 1.54) is 13.8 Å². The second kappa shape index (κ2) is 16.0. The van der Waals surface area contributed by atoms with Gasteiger partial charge in [0.25, 0.3) is 5.60 Å². The molecular weight excluding hydrogens is 516 g/mol. The van der Waals surface area contributed by atoms with Gasteiger partial charge < -0.3 is 28.8 Å². The number of hydrogen-bond donors (Lipinski definition) is 1. The Morgan fingerprint density at radius 3 is 2.05 bits per heavy atom. The highest BCUT2D eigenvalue weighted by molar-refractivity contribution is 6.30. The van der Waals surface area contributed by atoms with Crippen LogP contribution >= 0.6 is 11.6 Å². The Labute approximate surface area is 227 Å². The van der Waals surface area contributed by atoms with Gasteiger partial charge in [0.15, 0.2) is 0 Å². The summed E-state index contributed by atoms with van der Waals surface area (Å²) in [4.78, 5) is 37.5. The molecule has 0 saturated heterocycles. The van der Waals surface area contributed by atoms with Crippen LogP contribution in [-0.4, -0.2) is 61.1 Å². The van der Waals surface area contributed by atoms with Crippen molar-refractivity contribution >= 4 is 29.5 Å². The third-order valence-electron chi connectivity index (χ3n) is 5.40. The molecule has 10 heteroatoms. The first-order valence-corrected chi connectivity index (χ1v) is 13.0. The molecule has 0 aliphatic heterocycles. The Hall–Kier alpha value is -3.14. The first-order valence-electron chi connectivity index (χ1n) is 12.6. The van der Waals surface area contributed by atoms with Crippen molar-refractivity contribution < 1.29 is 43.2 Å². The fourth-order valence-corrected chi connectivity index (χ4v) is 3.74. The van der Waals surface area contributed by atoms with E-state index >= 15 is 0 Å². The maximum Gasteiger partial charge on any atom is 0.353 e. The number of unbranched alkanes of at least 4 members (excludes halogenated alkanes) is 2. The van der Waals surface area contributed by atoms with Crippen LogP contribution < -0.4 is 4.74 Å². The second-order valence-corrected chi connectivity index (χ2v) is 8.66. The van der Waals surface area contributed by atoms with E-state index < -0.39 is 29.6 Å². The highest BCUT2D eigenvalue weighted by Crippen LogP contribution is 2.25. The monoisotopic (exact) mass is 550 g/mol. The number of rotatable bonds is 16. The predicted molar refractivity (Wildman–Crippen MR) is 140 cm³/mol. The van der Waals surface area contributed by atoms with Crippen molar-refractivity contribution in [3.63, 3.8) is 0 Å². The molecule has 0 aromatic heterocycles. The Morgan fingerprint density at radius 1 is 0.842 bits per heavy atom. The van der Waals surface area contributed by atoms with Crippen LogP contribution in [-0.2, 0) is 39.8 Å². The van der Waals surface area contributed by atoms with E-state index in [4.69, 9.17) is 35.3 Å². The fourth-order valence-electron chi connectivity index (χ4n) is 3.56. The van der Waals surface area contributed by atoms with Gasteiger partial charge in [0.1, 0.15) is 11.5 Å². The highest BCUT2D eigenvalue weighted by atomic mass is 35.5. The first kappa shape index (κ1) is 31.1. The third-order valence-corrected chi connectivity index (χ3v) is 5.64. The molecule has 38 heavy (non-hydrogen) atoms. The number of halogens is 1. The Kier molecular flexibility index (Phi) is 13.1. The minimum Gasteiger partial charge on any atom is -0.464 e. The topological polar surface area (TPSA) is 118 Å². The van der Waals surface area contributed by atoms with Gasteiger partial charge in [-0.1, -0.05) is 36.2 Å². The SMILES string of the molecule is CCOC(=O)C(OCCCCCc1ccc(Oc2cccc(Cl)c2)cc1)C(O)(C(=O)OCC)C(=O)OCC. The van der Waals surface area contributed by atoms with Crippen molar-refractivity contribution in [1.29, 1.82) is 0 Å². The molecule has 0 spiro atoms. The fraction of sp³-hybridized carbons (Fsp3) is 0.464. The van der Waals surface area contributed by atoms with Gasteiger partial charge in [-0.3, -0.25) is 0 Å². The zero-order valence-electron chi connectivity index (χ0n) is 21.9. The van der Waals surface area contributed by atoms with Crippen LogP contribution in [0.25, 0.3) is 0 Å². The van der Waals surface area contributed by atoms with Gasteiger partial charge in [-0.25, -0.2) is 14.4 Å². The molecule has 2 aromatic carbocycles. The quantitative estimate of drug-likeness (QED) is 0.138. The average molecular weight is 551 g/mol. The molecule has 0 aliphatic carbocycles. The molecule has 0 bridgehead atoms. The smallest absolute Gasteiger partial charge is 0.353 e. The van der Waals surface area contributed by atoms with Crippen LogP contribution in [0.3, 0.4) is 0 Å². The Morgan fingerprint density at radius 2 is 1.47 bits per heavy atom. The number of aryl methyl sites for hydroxylation is 1. The van der Waals surface area contributed by atoms with Crippen molar-refractivity contribution in [3.05, 3.63) is 59.1 Å². The lowest BCUT2D eigenvalue weighted by atomic mass is 9.96. The molecular formula is C28H35ClO9. The van der Waals surface area contributed by atoms with Crippen LogP contribution in [0.5, 0.6) is 11.5 Å². The molecule has 208 valence electrons. The third kappa shape index (κ3) is 9.01. The van der Waals surface area contributed by atoms with Gasteiger partial charge in [0.2, 0.25) is 6.10 Å². The van der Waals surface area contributed by atoms with E-state index in [0.717, 1.165) is 24.8 Å². The zero-order valence-corrected chi connectivity index (χ0v) is 22.7. The van der Waals surface area contributed by atoms with Gasteiger partial charge >= 0.3 is 17.9 Å². The number of carbonyl (C=O) groups is 3. The van der Waals surface area contributed by atoms with Gasteiger partial charge in [-0.05, 0) is 75.9 Å². The zero-order chi connectivity index (χ0) is 28.0. The minimum absolute atomic E-state index is 0.00296. The van der Waals surface area contributed by atoms with Crippen molar-refractivity contribution in [2.75, 3.05) is 26.4 Å². The molecule has 1 unspecified atom stereocenters. The summed E-state index contributed by atoms with van der Waals surface area (Å²) >= 11 is 5.99. The maximum absolute atomic E-state index is 12.5. The van der Waals surface area contributed by atoms with E-state index in [1.54, 1.807) is 19.1 Å². The van der Waals surface area contributed by atoms with E-state index in [2.05, 4.69) is 0 Å². The van der Waals surface area contributed by atoms with Gasteiger partial charge in [-0.2, -0.15) is 0 Å². The number of benzene rings is 2. The predicted octanol–water partition coefficient (Wildman–Crippen LogP) is 4.65. The van der Waals surface area contributed by atoms with Crippen molar-refractivity contribution in [1.82, 2.24) is 0 Å². The largest absolute Gasteiger partial charge is 0.464 e. The molecule has 1 atom stereocenters. The van der Waals surface area contributed by atoms with Crippen LogP contribution in [0.4, 0.5) is 0 Å². The summed E-state index contributed by atoms with van der Waals surface area (Å²) in [6.07, 6.45) is 0.935. The number of esters is 3. The maximum atomic E-state index is 12.5. The summed E-state index contributed by atoms with van der Waals surface area (Å²) in [6.45, 7) is 4.28. The summed E-state index contributed by atoms with van der Waals surface area (Å²) in [5.74, 6) is -2.37. The van der Waals surface area contributed by atoms with Crippen LogP contribution in [0, 0.1) is 0 Å². The number of aliphatic hydroxyl groups is 1. The van der Waals surface area contributed by atoms with Crippen molar-refractivity contribution in [3.8, 4) is 11.5 Å². The molecule has 0 aliphatic rings. The van der Waals surface area contributed by atoms with E-state index in [1.807, 2.05) is 36.4 Å². The molecule has 9 nitrogen and oxygen atoms in total. The van der Waals surface area contributed by atoms with Crippen molar-refractivity contribution in [2.45, 2.75) is 58.2 Å². The van der Waals surface area contributed by atoms with E-state index in [0.29, 0.717) is 22.9 Å². The molecule has 0 saturated carbocycles. The molecule has 0 radical (unpaired) electrons. The molecule has 0 heterocycles. The summed E-state index contributed by atoms with van der Waals surface area (Å²) < 4.78 is 25.9. The highest BCUT2D eigenvalue weighted by Gasteiger charge is 2.58. The normalized spacial score (nSPS) is 11.9. The summed E-state index contributed by atoms with van der Waals surface area (Å²) in [5, 5.41) is 11.6. The Balaban J connectivity index is 1.90. The van der Waals surface area contributed by atoms with E-state index in [-0.39, 0.29) is 26.4 Å². The lowest BCUT2D eigenvalue weighted by Gasteiger charge is -2.30. The van der Waals surface area contributed by atoms with Crippen molar-refractivity contribution in [2.24, 2.45) is 0 Å². The van der Waals surface area contributed by atoms with Crippen LogP contribution in [0.2, 0.25) is 5.02 Å². The summed E-state index contributed by atoms with van der Waals surface area (Å²) in [5.41, 5.74) is -1.86. The molecule has 0 amide bonds. The molecule has 2 aromatic rings. The van der Waals surface area contributed by atoms with Crippen LogP contribution in [0.1, 0.15) is 45.6 Å². The van der Waals surface area contributed by atoms with Crippen LogP contribution in [0.15, 0.2) is 48.5 Å². The molecule has 2 rings (SSSR count). The standard InChI is InChI=1S/C28H35ClO9/c1-4-34-25(30)24(28(33,26(31)35-5-2)27(32)36-6-3)37-18-9-7-8-11-20-14-16-22(17-15-20)38-23-13-10-12-21(29)19-23/h10,12-17,19,24,33H,4-9,11,18H2,1-3H3. The number of hydrogen-bond acceptors (Lipinski definition) is 9. The lowest BCUT2D eigenvalue weighted by Crippen LogP contribution is -2.61. The second-order valence-electron chi connectivity index (χ2n) is 8.22. The first-order chi connectivity index (χ1) is 18.3. The van der Waals surface area contributed by atoms with Gasteiger partial charge in [0, 0.05) is 11.6 Å². The Bertz CT molecular complexity index is 1020. The lowest BCUT2D eigenvalue weighted by molar-refractivity contribution is -0.208. The number of ether oxygens (including phenoxy) is 5. The average Bonchev–Trinajstić information content (AvgIpc) is 2.89. The summed E-state index contributed by atoms with van der Waals surface area (Å²) in [6, 6.07) is 14.9. The van der Waals surface area contributed by atoms with Gasteiger partial charge in [-0.15, -0.1) is 0 Å².